The first-order valence-electron chi connectivity index (χ1n) is 22.5. The number of hydrogen-bond acceptors (Lipinski definition) is 9. The molecule has 10 rings (SSSR count). The van der Waals surface area contributed by atoms with Crippen molar-refractivity contribution in [3.63, 3.8) is 0 Å². The third kappa shape index (κ3) is 12.1. The Morgan fingerprint density at radius 2 is 0.984 bits per heavy atom. The molecule has 6 fully saturated rings. The summed E-state index contributed by atoms with van der Waals surface area (Å²) in [6.45, 7) is 9.02. The minimum atomic E-state index is 0.166. The fourth-order valence-electron chi connectivity index (χ4n) is 9.30. The minimum Gasteiger partial charge on any atom is -0.492 e. The predicted molar refractivity (Wildman–Crippen MR) is 240 cm³/mol. The molecule has 9 heterocycles. The Hall–Kier alpha value is -5.37. The predicted octanol–water partition coefficient (Wildman–Crippen LogP) is 8.34. The van der Waals surface area contributed by atoms with E-state index < -0.39 is 0 Å². The van der Waals surface area contributed by atoms with Crippen molar-refractivity contribution in [2.75, 3.05) is 6.61 Å². The number of fused-ring (bicyclic) bond motifs is 6. The fraction of sp³-hybridized carbons (Fsp3) is 0.481. The van der Waals surface area contributed by atoms with E-state index in [1.165, 1.54) is 57.8 Å². The molecule has 0 spiro atoms. The zero-order chi connectivity index (χ0) is 42.0. The van der Waals surface area contributed by atoms with E-state index in [0.717, 1.165) is 46.3 Å². The highest BCUT2D eigenvalue weighted by atomic mass is 16.5. The molecule has 0 radical (unpaired) electrons. The molecule has 6 aliphatic heterocycles. The van der Waals surface area contributed by atoms with Gasteiger partial charge in [0.15, 0.2) is 0 Å². The van der Waals surface area contributed by atoms with Crippen molar-refractivity contribution in [1.29, 1.82) is 0 Å². The number of nitrogens with one attached hydrogen (secondary N) is 3. The lowest BCUT2D eigenvalue weighted by atomic mass is 9.89. The van der Waals surface area contributed by atoms with Gasteiger partial charge in [0.25, 0.3) is 0 Å². The first-order valence-corrected chi connectivity index (χ1v) is 22.5. The lowest BCUT2D eigenvalue weighted by Crippen LogP contribution is -2.21. The molecule has 0 saturated carbocycles. The maximum absolute atomic E-state index is 5.80. The van der Waals surface area contributed by atoms with E-state index >= 15 is 0 Å². The van der Waals surface area contributed by atoms with E-state index in [-0.39, 0.29) is 6.10 Å². The summed E-state index contributed by atoms with van der Waals surface area (Å²) in [6.07, 6.45) is 22.2. The average Bonchev–Trinajstić information content (AvgIpc) is 4.15. The van der Waals surface area contributed by atoms with Gasteiger partial charge in [0.1, 0.15) is 23.0 Å². The molecule has 3 aromatic heterocycles. The van der Waals surface area contributed by atoms with Crippen LogP contribution in [0.2, 0.25) is 0 Å². The second-order valence-electron chi connectivity index (χ2n) is 18.0. The first-order chi connectivity index (χ1) is 29.8. The van der Waals surface area contributed by atoms with Crippen molar-refractivity contribution in [3.05, 3.63) is 102 Å². The molecule has 6 saturated heterocycles. The van der Waals surface area contributed by atoms with E-state index in [0.29, 0.717) is 59.9 Å². The van der Waals surface area contributed by atoms with Crippen molar-refractivity contribution in [2.24, 2.45) is 23.7 Å². The van der Waals surface area contributed by atoms with Gasteiger partial charge < -0.3 is 30.2 Å². The van der Waals surface area contributed by atoms with Crippen molar-refractivity contribution in [2.45, 2.75) is 128 Å². The summed E-state index contributed by atoms with van der Waals surface area (Å²) in [5.74, 6) is 25.2. The normalized spacial score (nSPS) is 27.0. The summed E-state index contributed by atoms with van der Waals surface area (Å²) >= 11 is 0. The van der Waals surface area contributed by atoms with Gasteiger partial charge in [-0.15, -0.1) is 0 Å². The van der Waals surface area contributed by atoms with E-state index in [2.05, 4.69) is 80.3 Å². The van der Waals surface area contributed by atoms with E-state index in [4.69, 9.17) is 14.2 Å². The monoisotopic (exact) mass is 816 g/mol. The van der Waals surface area contributed by atoms with Crippen molar-refractivity contribution >= 4 is 0 Å². The molecule has 0 aliphatic carbocycles. The average molecular weight is 817 g/mol. The minimum absolute atomic E-state index is 0.166. The molecule has 0 amide bonds. The smallest absolute Gasteiger partial charge is 0.146 e. The molecule has 3 N–H and O–H groups in total. The van der Waals surface area contributed by atoms with Crippen molar-refractivity contribution < 1.29 is 14.2 Å². The third-order valence-corrected chi connectivity index (χ3v) is 12.2. The zero-order valence-corrected chi connectivity index (χ0v) is 36.1. The van der Waals surface area contributed by atoms with Crippen LogP contribution in [0.5, 0.6) is 23.0 Å². The SMILES string of the molecule is C(#CC1CC2CCC1N2)c1cncc(Oc2ccccc2)c1.CC(C)COc1cncc(C#CC2CC3CCC2N3)c1.CC(C)Oc1cncc(C#CC2CC3CCC2N3)c1. The molecule has 6 bridgehead atoms. The molecule has 9 heteroatoms. The van der Waals surface area contributed by atoms with Crippen molar-refractivity contribution in [3.8, 4) is 58.5 Å². The second-order valence-corrected chi connectivity index (χ2v) is 18.0. The standard InChI is InChI=1S/C19H18N2O.C17H22N2O.C16H20N2O/c1-2-4-17(5-3-1)22-18-10-14(12-20-13-18)6-7-15-11-16-8-9-19(15)21-16;1-12(2)11-20-16-7-13(9-18-10-16)3-4-14-8-15-5-6-17(14)19-15;1-11(2)19-15-7-12(9-17-10-15)3-4-13-8-14-5-6-16(13)18-14/h1-5,10,12-13,15-16,19,21H,8-9,11H2;7,9-10,12,14-15,17,19H,5-6,8,11H2,1-2H3;7,9-11,13-14,16,18H,5-6,8H2,1-2H3. The van der Waals surface area contributed by atoms with Gasteiger partial charge in [0, 0.05) is 89.3 Å². The number of aromatic nitrogens is 3. The first kappa shape index (κ1) is 42.3. The van der Waals surface area contributed by atoms with Crippen LogP contribution in [-0.2, 0) is 0 Å². The van der Waals surface area contributed by atoms with Gasteiger partial charge in [-0.05, 0) is 108 Å². The van der Waals surface area contributed by atoms with Gasteiger partial charge >= 0.3 is 0 Å². The van der Waals surface area contributed by atoms with Gasteiger partial charge in [-0.1, -0.05) is 67.6 Å². The Morgan fingerprint density at radius 1 is 0.541 bits per heavy atom. The number of benzene rings is 1. The van der Waals surface area contributed by atoms with Gasteiger partial charge in [0.2, 0.25) is 0 Å². The highest BCUT2D eigenvalue weighted by Crippen LogP contribution is 2.34. The van der Waals surface area contributed by atoms with E-state index in [1.54, 1.807) is 31.0 Å². The zero-order valence-electron chi connectivity index (χ0n) is 36.1. The summed E-state index contributed by atoms with van der Waals surface area (Å²) in [7, 11) is 0. The Morgan fingerprint density at radius 3 is 1.41 bits per heavy atom. The van der Waals surface area contributed by atoms with Crippen LogP contribution in [-0.4, -0.2) is 63.9 Å². The quantitative estimate of drug-likeness (QED) is 0.159. The largest absolute Gasteiger partial charge is 0.492 e. The number of pyridine rings is 3. The highest BCUT2D eigenvalue weighted by molar-refractivity contribution is 5.41. The van der Waals surface area contributed by atoms with Crippen LogP contribution in [0.1, 0.15) is 102 Å². The Labute approximate surface area is 363 Å². The summed E-state index contributed by atoms with van der Waals surface area (Å²) in [5.41, 5.74) is 2.81. The molecule has 9 atom stereocenters. The summed E-state index contributed by atoms with van der Waals surface area (Å²) < 4.78 is 17.1. The van der Waals surface area contributed by atoms with Crippen LogP contribution in [0.4, 0.5) is 0 Å². The van der Waals surface area contributed by atoms with Gasteiger partial charge in [-0.3, -0.25) is 15.0 Å². The number of nitrogens with zero attached hydrogens (tertiary/aromatic N) is 3. The number of hydrogen-bond donors (Lipinski definition) is 3. The molecule has 4 aromatic rings. The highest BCUT2D eigenvalue weighted by Gasteiger charge is 2.39. The molecular formula is C52H60N6O3. The molecule has 316 valence electrons. The maximum Gasteiger partial charge on any atom is 0.146 e. The molecule has 61 heavy (non-hydrogen) atoms. The summed E-state index contributed by atoms with van der Waals surface area (Å²) in [5, 5.41) is 10.8. The number of para-hydroxylation sites is 1. The van der Waals surface area contributed by atoms with Crippen LogP contribution in [0.15, 0.2) is 85.7 Å². The summed E-state index contributed by atoms with van der Waals surface area (Å²) in [4.78, 5) is 12.6. The number of ether oxygens (including phenoxy) is 3. The van der Waals surface area contributed by atoms with Crippen LogP contribution in [0.25, 0.3) is 0 Å². The fourth-order valence-corrected chi connectivity index (χ4v) is 9.30. The van der Waals surface area contributed by atoms with Crippen LogP contribution >= 0.6 is 0 Å². The molecule has 1 aromatic carbocycles. The van der Waals surface area contributed by atoms with Gasteiger partial charge in [0.05, 0.1) is 31.3 Å². The lowest BCUT2D eigenvalue weighted by Gasteiger charge is -2.13. The van der Waals surface area contributed by atoms with Gasteiger partial charge in [-0.25, -0.2) is 0 Å². The maximum atomic E-state index is 5.80. The molecule has 6 aliphatic rings. The Bertz CT molecular complexity index is 2260. The number of rotatable bonds is 7. The van der Waals surface area contributed by atoms with Crippen LogP contribution < -0.4 is 30.2 Å². The molecule has 9 unspecified atom stereocenters. The van der Waals surface area contributed by atoms with E-state index in [1.807, 2.05) is 68.6 Å². The second kappa shape index (κ2) is 20.5. The summed E-state index contributed by atoms with van der Waals surface area (Å²) in [6, 6.07) is 19.6. The van der Waals surface area contributed by atoms with Crippen LogP contribution in [0.3, 0.4) is 0 Å². The van der Waals surface area contributed by atoms with Crippen molar-refractivity contribution in [1.82, 2.24) is 30.9 Å². The van der Waals surface area contributed by atoms with E-state index in [9.17, 15) is 0 Å². The molecule has 9 nitrogen and oxygen atoms in total. The molecular weight excluding hydrogens is 757 g/mol. The lowest BCUT2D eigenvalue weighted by molar-refractivity contribution is 0.241. The van der Waals surface area contributed by atoms with Crippen LogP contribution in [0, 0.1) is 59.2 Å². The third-order valence-electron chi connectivity index (χ3n) is 12.2. The van der Waals surface area contributed by atoms with Gasteiger partial charge in [-0.2, -0.15) is 0 Å². The topological polar surface area (TPSA) is 102 Å². The Balaban J connectivity index is 0.000000127. The Kier molecular flexibility index (Phi) is 14.2.